The standard InChI is InChI=1S/C8H8.C6H10O3.C5H8O3/c1-2-8-6-4-3-5-7-8;1-2-6(8)9-5-3-4-7;1-2-5(7)8-4-3-6/h2-7H,1H2;2,7H,1,3-5H2;2,6H,1,3-4H2. The highest BCUT2D eigenvalue weighted by molar-refractivity contribution is 5.81. The molecule has 6 nitrogen and oxygen atoms in total. The Labute approximate surface area is 148 Å². The normalized spacial score (nSPS) is 8.40. The predicted octanol–water partition coefficient (Wildman–Crippen LogP) is 2.14. The fraction of sp³-hybridized carbons (Fsp3) is 0.263. The van der Waals surface area contributed by atoms with Crippen molar-refractivity contribution in [2.75, 3.05) is 26.4 Å². The number of carbonyl (C=O) groups excluding carboxylic acids is 2. The summed E-state index contributed by atoms with van der Waals surface area (Å²) in [5, 5.41) is 16.3. The molecular weight excluding hydrogens is 324 g/mol. The lowest BCUT2D eigenvalue weighted by molar-refractivity contribution is -0.139. The first-order valence-corrected chi connectivity index (χ1v) is 7.53. The molecule has 0 heterocycles. The lowest BCUT2D eigenvalue weighted by Crippen LogP contribution is -2.04. The zero-order valence-electron chi connectivity index (χ0n) is 14.3. The topological polar surface area (TPSA) is 93.1 Å². The van der Waals surface area contributed by atoms with Crippen molar-refractivity contribution in [2.45, 2.75) is 6.42 Å². The van der Waals surface area contributed by atoms with Crippen molar-refractivity contribution in [3.63, 3.8) is 0 Å². The first-order chi connectivity index (χ1) is 12.0. The number of rotatable bonds is 8. The van der Waals surface area contributed by atoms with E-state index in [1.54, 1.807) is 0 Å². The fourth-order valence-electron chi connectivity index (χ4n) is 1.09. The summed E-state index contributed by atoms with van der Waals surface area (Å²) in [5.74, 6) is -0.942. The van der Waals surface area contributed by atoms with Gasteiger partial charge in [-0.2, -0.15) is 0 Å². The number of ether oxygens (including phenoxy) is 2. The molecule has 1 aromatic carbocycles. The van der Waals surface area contributed by atoms with Gasteiger partial charge in [0.25, 0.3) is 0 Å². The van der Waals surface area contributed by atoms with E-state index in [-0.39, 0.29) is 26.4 Å². The SMILES string of the molecule is C=CC(=O)OCCCO.C=CC(=O)OCCO.C=Cc1ccccc1. The molecule has 0 aliphatic rings. The molecule has 2 N–H and O–H groups in total. The molecule has 0 spiro atoms. The third-order valence-corrected chi connectivity index (χ3v) is 2.25. The lowest BCUT2D eigenvalue weighted by Gasteiger charge is -1.96. The summed E-state index contributed by atoms with van der Waals surface area (Å²) in [6.07, 6.45) is 4.46. The van der Waals surface area contributed by atoms with Crippen molar-refractivity contribution in [3.05, 3.63) is 67.8 Å². The molecule has 0 aliphatic heterocycles. The Balaban J connectivity index is 0. The highest BCUT2D eigenvalue weighted by Gasteiger charge is 1.92. The van der Waals surface area contributed by atoms with Crippen LogP contribution in [0.1, 0.15) is 12.0 Å². The Morgan fingerprint density at radius 3 is 1.76 bits per heavy atom. The van der Waals surface area contributed by atoms with Gasteiger partial charge in [0, 0.05) is 25.2 Å². The van der Waals surface area contributed by atoms with Crippen molar-refractivity contribution >= 4 is 18.0 Å². The summed E-state index contributed by atoms with van der Waals surface area (Å²) >= 11 is 0. The van der Waals surface area contributed by atoms with Crippen LogP contribution in [0.25, 0.3) is 6.08 Å². The Hall–Kier alpha value is -2.70. The number of hydrogen-bond acceptors (Lipinski definition) is 6. The summed E-state index contributed by atoms with van der Waals surface area (Å²) in [7, 11) is 0. The zero-order chi connectivity index (χ0) is 19.3. The zero-order valence-corrected chi connectivity index (χ0v) is 14.3. The maximum Gasteiger partial charge on any atom is 0.330 e. The number of hydrogen-bond donors (Lipinski definition) is 2. The Kier molecular flexibility index (Phi) is 19.0. The minimum Gasteiger partial charge on any atom is -0.462 e. The van der Waals surface area contributed by atoms with Gasteiger partial charge in [0.1, 0.15) is 6.61 Å². The van der Waals surface area contributed by atoms with Gasteiger partial charge < -0.3 is 19.7 Å². The van der Waals surface area contributed by atoms with Gasteiger partial charge in [-0.05, 0) is 5.56 Å². The van der Waals surface area contributed by atoms with Crippen molar-refractivity contribution in [1.29, 1.82) is 0 Å². The van der Waals surface area contributed by atoms with Crippen LogP contribution in [0.3, 0.4) is 0 Å². The fourth-order valence-corrected chi connectivity index (χ4v) is 1.09. The summed E-state index contributed by atoms with van der Waals surface area (Å²) in [6.45, 7) is 10.2. The molecule has 25 heavy (non-hydrogen) atoms. The van der Waals surface area contributed by atoms with Crippen LogP contribution in [0.4, 0.5) is 0 Å². The third-order valence-electron chi connectivity index (χ3n) is 2.25. The quantitative estimate of drug-likeness (QED) is 0.424. The molecule has 0 fully saturated rings. The Bertz CT molecular complexity index is 496. The van der Waals surface area contributed by atoms with Crippen LogP contribution in [-0.4, -0.2) is 48.6 Å². The second-order valence-corrected chi connectivity index (χ2v) is 4.16. The number of benzene rings is 1. The van der Waals surface area contributed by atoms with E-state index in [9.17, 15) is 9.59 Å². The summed E-state index contributed by atoms with van der Waals surface area (Å²) < 4.78 is 8.85. The van der Waals surface area contributed by atoms with Crippen LogP contribution < -0.4 is 0 Å². The van der Waals surface area contributed by atoms with Gasteiger partial charge in [0.2, 0.25) is 0 Å². The minimum absolute atomic E-state index is 0.0461. The molecule has 0 aliphatic carbocycles. The van der Waals surface area contributed by atoms with Crippen molar-refractivity contribution < 1.29 is 29.3 Å². The van der Waals surface area contributed by atoms with Crippen molar-refractivity contribution in [1.82, 2.24) is 0 Å². The smallest absolute Gasteiger partial charge is 0.330 e. The molecule has 1 aromatic rings. The second kappa shape index (κ2) is 19.3. The Morgan fingerprint density at radius 2 is 1.40 bits per heavy atom. The van der Waals surface area contributed by atoms with Crippen LogP contribution in [0, 0.1) is 0 Å². The van der Waals surface area contributed by atoms with Gasteiger partial charge in [-0.15, -0.1) is 0 Å². The van der Waals surface area contributed by atoms with Gasteiger partial charge in [-0.25, -0.2) is 9.59 Å². The molecule has 0 saturated carbocycles. The third kappa shape index (κ3) is 19.3. The van der Waals surface area contributed by atoms with E-state index in [1.807, 2.05) is 36.4 Å². The van der Waals surface area contributed by atoms with Gasteiger partial charge >= 0.3 is 11.9 Å². The first-order valence-electron chi connectivity index (χ1n) is 7.53. The predicted molar refractivity (Wildman–Crippen MR) is 97.6 cm³/mol. The molecule has 0 unspecified atom stereocenters. The molecule has 0 aromatic heterocycles. The highest BCUT2D eigenvalue weighted by atomic mass is 16.5. The number of esters is 2. The summed E-state index contributed by atoms with van der Waals surface area (Å²) in [4.78, 5) is 20.4. The van der Waals surface area contributed by atoms with Crippen LogP contribution >= 0.6 is 0 Å². The molecule has 0 radical (unpaired) electrons. The van der Waals surface area contributed by atoms with Crippen LogP contribution in [0.5, 0.6) is 0 Å². The molecule has 0 saturated heterocycles. The van der Waals surface area contributed by atoms with Gasteiger partial charge in [-0.3, -0.25) is 0 Å². The highest BCUT2D eigenvalue weighted by Crippen LogP contribution is 1.97. The molecule has 138 valence electrons. The monoisotopic (exact) mass is 350 g/mol. The number of aliphatic hydroxyl groups is 2. The molecule has 0 amide bonds. The van der Waals surface area contributed by atoms with Crippen LogP contribution in [0.2, 0.25) is 0 Å². The maximum atomic E-state index is 10.3. The van der Waals surface area contributed by atoms with E-state index in [0.717, 1.165) is 12.2 Å². The van der Waals surface area contributed by atoms with E-state index in [4.69, 9.17) is 10.2 Å². The number of carbonyl (C=O) groups is 2. The van der Waals surface area contributed by atoms with Crippen molar-refractivity contribution in [2.24, 2.45) is 0 Å². The van der Waals surface area contributed by atoms with Gasteiger partial charge in [-0.1, -0.05) is 56.1 Å². The maximum absolute atomic E-state index is 10.3. The lowest BCUT2D eigenvalue weighted by atomic mass is 10.2. The van der Waals surface area contributed by atoms with E-state index in [0.29, 0.717) is 6.42 Å². The Morgan fingerprint density at radius 1 is 0.880 bits per heavy atom. The van der Waals surface area contributed by atoms with Crippen molar-refractivity contribution in [3.8, 4) is 0 Å². The number of aliphatic hydroxyl groups excluding tert-OH is 2. The average Bonchev–Trinajstić information content (AvgIpc) is 2.67. The average molecular weight is 350 g/mol. The van der Waals surface area contributed by atoms with Crippen LogP contribution in [-0.2, 0) is 19.1 Å². The van der Waals surface area contributed by atoms with E-state index in [2.05, 4.69) is 29.2 Å². The molecule has 0 bridgehead atoms. The van der Waals surface area contributed by atoms with E-state index < -0.39 is 11.9 Å². The van der Waals surface area contributed by atoms with E-state index in [1.165, 1.54) is 5.56 Å². The summed E-state index contributed by atoms with van der Waals surface area (Å²) in [6, 6.07) is 10.0. The largest absolute Gasteiger partial charge is 0.462 e. The second-order valence-electron chi connectivity index (χ2n) is 4.16. The molecule has 6 heteroatoms. The molecule has 1 rings (SSSR count). The van der Waals surface area contributed by atoms with Gasteiger partial charge in [0.15, 0.2) is 0 Å². The minimum atomic E-state index is -0.501. The van der Waals surface area contributed by atoms with Crippen LogP contribution in [0.15, 0.2) is 62.2 Å². The first kappa shape index (κ1) is 24.6. The molecular formula is C19H26O6. The summed E-state index contributed by atoms with van der Waals surface area (Å²) in [5.41, 5.74) is 1.17. The van der Waals surface area contributed by atoms with Gasteiger partial charge in [0.05, 0.1) is 13.2 Å². The van der Waals surface area contributed by atoms with E-state index >= 15 is 0 Å². The molecule has 0 atom stereocenters.